The first-order valence-electron chi connectivity index (χ1n) is 5.72. The fraction of sp³-hybridized carbons (Fsp3) is 0.667. The molecule has 0 aromatic rings. The minimum atomic E-state index is 0.213. The summed E-state index contributed by atoms with van der Waals surface area (Å²) in [5, 5.41) is 8.51. The summed E-state index contributed by atoms with van der Waals surface area (Å²) in [5.41, 5.74) is 0. The predicted molar refractivity (Wildman–Crippen MR) is 58.7 cm³/mol. The van der Waals surface area contributed by atoms with Gasteiger partial charge < -0.3 is 5.11 Å². The van der Waals surface area contributed by atoms with E-state index in [-0.39, 0.29) is 6.61 Å². The Kier molecular flexibility index (Phi) is 9.26. The molecule has 0 spiro atoms. The van der Waals surface area contributed by atoms with Gasteiger partial charge in [0, 0.05) is 6.61 Å². The van der Waals surface area contributed by atoms with E-state index < -0.39 is 0 Å². The van der Waals surface area contributed by atoms with E-state index >= 15 is 0 Å². The molecular weight excluding hydrogens is 160 g/mol. The largest absolute Gasteiger partial charge is 0.396 e. The topological polar surface area (TPSA) is 20.2 Å². The molecule has 1 heteroatoms. The van der Waals surface area contributed by atoms with Crippen LogP contribution in [0.25, 0.3) is 0 Å². The first kappa shape index (κ1) is 10.5. The Morgan fingerprint density at radius 1 is 1.15 bits per heavy atom. The molecule has 0 aromatic carbocycles. The monoisotopic (exact) mass is 183 g/mol. The van der Waals surface area contributed by atoms with Gasteiger partial charge in [0.25, 0.3) is 0 Å². The average Bonchev–Trinajstić information content (AvgIpc) is 2.18. The van der Waals surface area contributed by atoms with Gasteiger partial charge in [0.2, 0.25) is 0 Å². The van der Waals surface area contributed by atoms with Crippen LogP contribution in [-0.2, 0) is 0 Å². The van der Waals surface area contributed by atoms with Crippen molar-refractivity contribution in [1.82, 2.24) is 0 Å². The minimum absolute atomic E-state index is 0.213. The predicted octanol–water partition coefficient (Wildman–Crippen LogP) is 3.45. The zero-order chi connectivity index (χ0) is 10.6. The molecule has 0 atom stereocenters. The van der Waals surface area contributed by atoms with Gasteiger partial charge in [0.15, 0.2) is 0 Å². The lowest BCUT2D eigenvalue weighted by Crippen LogP contribution is -1.74. The molecular formula is C12H22O. The van der Waals surface area contributed by atoms with E-state index in [0.29, 0.717) is 0 Å². The molecule has 0 unspecified atom stereocenters. The van der Waals surface area contributed by atoms with E-state index in [2.05, 4.69) is 6.92 Å². The van der Waals surface area contributed by atoms with Gasteiger partial charge in [0.05, 0.1) is 1.37 Å². The fourth-order valence-corrected chi connectivity index (χ4v) is 1.02. The Balaban J connectivity index is 3.45. The number of unbranched alkanes of at least 4 members (excludes halogenated alkanes) is 2. The van der Waals surface area contributed by atoms with Crippen molar-refractivity contribution in [3.63, 3.8) is 0 Å². The van der Waals surface area contributed by atoms with Crippen molar-refractivity contribution in [2.24, 2.45) is 0 Å². The van der Waals surface area contributed by atoms with E-state index in [1.807, 2.05) is 18.2 Å². The molecule has 0 aliphatic carbocycles. The highest BCUT2D eigenvalue weighted by Gasteiger charge is 1.80. The Hall–Kier alpha value is -0.560. The summed E-state index contributed by atoms with van der Waals surface area (Å²) < 4.78 is 7.61. The van der Waals surface area contributed by atoms with E-state index in [1.165, 1.54) is 12.8 Å². The summed E-state index contributed by atoms with van der Waals surface area (Å²) in [6.45, 7) is 2.38. The maximum atomic E-state index is 8.51. The number of hydrogen-bond acceptors (Lipinski definition) is 1. The zero-order valence-electron chi connectivity index (χ0n) is 9.63. The normalized spacial score (nSPS) is 13.7. The van der Waals surface area contributed by atoms with Gasteiger partial charge in [-0.05, 0) is 25.7 Å². The molecule has 0 heterocycles. The molecule has 76 valence electrons. The van der Waals surface area contributed by atoms with Crippen LogP contribution in [-0.4, -0.2) is 11.7 Å². The van der Waals surface area contributed by atoms with Crippen molar-refractivity contribution >= 4 is 0 Å². The van der Waals surface area contributed by atoms with E-state index in [0.717, 1.165) is 31.7 Å². The van der Waals surface area contributed by atoms with Crippen LogP contribution in [0.15, 0.2) is 24.3 Å². The van der Waals surface area contributed by atoms with Crippen molar-refractivity contribution in [3.8, 4) is 0 Å². The highest BCUT2D eigenvalue weighted by Crippen LogP contribution is 2.00. The van der Waals surface area contributed by atoms with Crippen molar-refractivity contribution in [3.05, 3.63) is 24.3 Å². The SMILES string of the molecule is [2H]/C(=C/C/C=C\CCO)CCCCC. The molecule has 0 saturated heterocycles. The second-order valence-electron chi connectivity index (χ2n) is 3.08. The van der Waals surface area contributed by atoms with E-state index in [9.17, 15) is 0 Å². The lowest BCUT2D eigenvalue weighted by molar-refractivity contribution is 0.302. The van der Waals surface area contributed by atoms with Gasteiger partial charge in [-0.15, -0.1) is 0 Å². The molecule has 0 radical (unpaired) electrons. The summed E-state index contributed by atoms with van der Waals surface area (Å²) in [6, 6.07) is 0.743. The number of aliphatic hydroxyl groups is 1. The van der Waals surface area contributed by atoms with Gasteiger partial charge in [-0.3, -0.25) is 0 Å². The molecule has 0 aliphatic rings. The maximum absolute atomic E-state index is 8.51. The third-order valence-electron chi connectivity index (χ3n) is 1.79. The number of aliphatic hydroxyl groups excluding tert-OH is 1. The molecule has 13 heavy (non-hydrogen) atoms. The van der Waals surface area contributed by atoms with Crippen LogP contribution >= 0.6 is 0 Å². The van der Waals surface area contributed by atoms with Gasteiger partial charge in [0.1, 0.15) is 0 Å². The second-order valence-corrected chi connectivity index (χ2v) is 3.08. The van der Waals surface area contributed by atoms with Gasteiger partial charge in [-0.2, -0.15) is 0 Å². The molecule has 0 aromatic heterocycles. The highest BCUT2D eigenvalue weighted by atomic mass is 16.2. The minimum Gasteiger partial charge on any atom is -0.396 e. The van der Waals surface area contributed by atoms with Gasteiger partial charge in [-0.1, -0.05) is 44.0 Å². The summed E-state index contributed by atoms with van der Waals surface area (Å²) in [7, 11) is 0. The van der Waals surface area contributed by atoms with Crippen molar-refractivity contribution in [1.29, 1.82) is 0 Å². The van der Waals surface area contributed by atoms with Crippen LogP contribution < -0.4 is 0 Å². The van der Waals surface area contributed by atoms with Gasteiger partial charge >= 0.3 is 0 Å². The Morgan fingerprint density at radius 2 is 2.00 bits per heavy atom. The molecule has 0 aliphatic heterocycles. The lowest BCUT2D eigenvalue weighted by atomic mass is 10.2. The zero-order valence-corrected chi connectivity index (χ0v) is 8.63. The van der Waals surface area contributed by atoms with Crippen LogP contribution in [0, 0.1) is 0 Å². The van der Waals surface area contributed by atoms with E-state index in [4.69, 9.17) is 6.48 Å². The molecule has 0 saturated carbocycles. The van der Waals surface area contributed by atoms with Crippen molar-refractivity contribution in [2.45, 2.75) is 45.4 Å². The molecule has 0 fully saturated rings. The van der Waals surface area contributed by atoms with Crippen LogP contribution in [0.4, 0.5) is 0 Å². The number of rotatable bonds is 8. The molecule has 0 bridgehead atoms. The molecule has 0 rings (SSSR count). The average molecular weight is 183 g/mol. The quantitative estimate of drug-likeness (QED) is 0.451. The molecule has 1 nitrogen and oxygen atoms in total. The van der Waals surface area contributed by atoms with Crippen molar-refractivity contribution < 1.29 is 6.48 Å². The highest BCUT2D eigenvalue weighted by molar-refractivity contribution is 4.92. The summed E-state index contributed by atoms with van der Waals surface area (Å²) >= 11 is 0. The Labute approximate surface area is 83.6 Å². The lowest BCUT2D eigenvalue weighted by Gasteiger charge is -1.90. The van der Waals surface area contributed by atoms with Crippen LogP contribution in [0.1, 0.15) is 46.8 Å². The summed E-state index contributed by atoms with van der Waals surface area (Å²) in [6.07, 6.45) is 11.9. The maximum Gasteiger partial charge on any atom is 0.0573 e. The summed E-state index contributed by atoms with van der Waals surface area (Å²) in [5.74, 6) is 0. The fourth-order valence-electron chi connectivity index (χ4n) is 1.02. The third kappa shape index (κ3) is 11.4. The first-order valence-corrected chi connectivity index (χ1v) is 5.22. The van der Waals surface area contributed by atoms with Crippen LogP contribution in [0.2, 0.25) is 0 Å². The smallest absolute Gasteiger partial charge is 0.0573 e. The van der Waals surface area contributed by atoms with Crippen LogP contribution in [0.5, 0.6) is 0 Å². The van der Waals surface area contributed by atoms with Crippen LogP contribution in [0.3, 0.4) is 0 Å². The van der Waals surface area contributed by atoms with E-state index in [1.54, 1.807) is 0 Å². The Morgan fingerprint density at radius 3 is 2.69 bits per heavy atom. The van der Waals surface area contributed by atoms with Crippen molar-refractivity contribution in [2.75, 3.05) is 6.61 Å². The molecule has 0 amide bonds. The summed E-state index contributed by atoms with van der Waals surface area (Å²) in [4.78, 5) is 0. The Bertz CT molecular complexity index is 173. The van der Waals surface area contributed by atoms with Gasteiger partial charge in [-0.25, -0.2) is 0 Å². The standard InChI is InChI=1S/C12H22O/c1-2-3-4-5-6-7-8-9-10-11-12-13/h6-7,9-10,13H,2-5,8,11-12H2,1H3/b7-6-,10-9-/i6D. The number of allylic oxidation sites excluding steroid dienone is 3. The first-order chi connectivity index (χ1) is 6.81. The number of hydrogen-bond donors (Lipinski definition) is 1. The third-order valence-corrected chi connectivity index (χ3v) is 1.79. The second kappa shape index (κ2) is 11.4. The molecule has 1 N–H and O–H groups in total.